The molecule has 118 valence electrons. The van der Waals surface area contributed by atoms with Crippen LogP contribution in [0.4, 0.5) is 5.69 Å². The molecule has 1 aliphatic carbocycles. The molecule has 4 N–H and O–H groups in total. The lowest BCUT2D eigenvalue weighted by molar-refractivity contribution is -0.119. The van der Waals surface area contributed by atoms with Crippen molar-refractivity contribution in [2.75, 3.05) is 18.4 Å². The molecular weight excluding hydrogens is 278 g/mol. The van der Waals surface area contributed by atoms with Crippen LogP contribution < -0.4 is 16.4 Å². The van der Waals surface area contributed by atoms with Crippen molar-refractivity contribution in [3.63, 3.8) is 0 Å². The molecule has 22 heavy (non-hydrogen) atoms. The van der Waals surface area contributed by atoms with Gasteiger partial charge >= 0.3 is 0 Å². The molecule has 5 heteroatoms. The zero-order valence-corrected chi connectivity index (χ0v) is 12.7. The molecule has 1 aromatic rings. The summed E-state index contributed by atoms with van der Waals surface area (Å²) in [6.07, 6.45) is 8.06. The lowest BCUT2D eigenvalue weighted by atomic mass is 9.97. The average molecular weight is 301 g/mol. The van der Waals surface area contributed by atoms with Crippen molar-refractivity contribution in [1.82, 2.24) is 5.32 Å². The second-order valence-corrected chi connectivity index (χ2v) is 5.47. The zero-order valence-electron chi connectivity index (χ0n) is 12.7. The molecule has 0 bridgehead atoms. The number of carbonyl (C=O) groups is 2. The smallest absolute Gasteiger partial charge is 0.250 e. The molecule has 0 unspecified atom stereocenters. The number of nitrogens with two attached hydrogens (primary N) is 1. The number of nitrogens with one attached hydrogen (secondary N) is 2. The van der Waals surface area contributed by atoms with E-state index in [9.17, 15) is 9.59 Å². The van der Waals surface area contributed by atoms with Crippen LogP contribution >= 0.6 is 0 Å². The summed E-state index contributed by atoms with van der Waals surface area (Å²) >= 11 is 0. The number of para-hydroxylation sites is 1. The van der Waals surface area contributed by atoms with Crippen LogP contribution in [0.2, 0.25) is 0 Å². The normalized spacial score (nSPS) is 14.1. The minimum Gasteiger partial charge on any atom is -0.376 e. The number of anilines is 1. The fraction of sp³-hybridized carbons (Fsp3) is 0.412. The summed E-state index contributed by atoms with van der Waals surface area (Å²) in [7, 11) is 0. The van der Waals surface area contributed by atoms with Gasteiger partial charge in [0.2, 0.25) is 5.91 Å². The van der Waals surface area contributed by atoms with Crippen LogP contribution in [0, 0.1) is 0 Å². The molecule has 0 radical (unpaired) electrons. The van der Waals surface area contributed by atoms with Gasteiger partial charge in [-0.2, -0.15) is 0 Å². The first-order chi connectivity index (χ1) is 10.7. The summed E-state index contributed by atoms with van der Waals surface area (Å²) in [5.41, 5.74) is 7.72. The highest BCUT2D eigenvalue weighted by Gasteiger charge is 2.09. The third-order valence-electron chi connectivity index (χ3n) is 3.79. The van der Waals surface area contributed by atoms with Crippen molar-refractivity contribution in [1.29, 1.82) is 0 Å². The Hall–Kier alpha value is -2.30. The van der Waals surface area contributed by atoms with Gasteiger partial charge < -0.3 is 16.4 Å². The fourth-order valence-corrected chi connectivity index (χ4v) is 2.58. The maximum Gasteiger partial charge on any atom is 0.250 e. The second kappa shape index (κ2) is 8.22. The fourth-order valence-electron chi connectivity index (χ4n) is 2.58. The Morgan fingerprint density at radius 3 is 2.73 bits per heavy atom. The number of benzene rings is 1. The minimum absolute atomic E-state index is 0.0873. The average Bonchev–Trinajstić information content (AvgIpc) is 2.54. The molecule has 0 aliphatic heterocycles. The van der Waals surface area contributed by atoms with Crippen LogP contribution in [0.25, 0.3) is 0 Å². The van der Waals surface area contributed by atoms with Gasteiger partial charge in [-0.3, -0.25) is 9.59 Å². The maximum absolute atomic E-state index is 11.8. The van der Waals surface area contributed by atoms with Gasteiger partial charge in [-0.05, 0) is 44.2 Å². The molecule has 5 nitrogen and oxygen atoms in total. The van der Waals surface area contributed by atoms with Crippen molar-refractivity contribution < 1.29 is 9.59 Å². The zero-order chi connectivity index (χ0) is 15.8. The highest BCUT2D eigenvalue weighted by Crippen LogP contribution is 2.19. The number of amides is 2. The first-order valence-electron chi connectivity index (χ1n) is 7.74. The van der Waals surface area contributed by atoms with E-state index in [-0.39, 0.29) is 12.5 Å². The molecule has 0 saturated carbocycles. The van der Waals surface area contributed by atoms with E-state index in [1.54, 1.807) is 24.3 Å². The van der Waals surface area contributed by atoms with Gasteiger partial charge in [0.25, 0.3) is 5.91 Å². The van der Waals surface area contributed by atoms with Crippen LogP contribution in [0.1, 0.15) is 42.5 Å². The highest BCUT2D eigenvalue weighted by molar-refractivity contribution is 5.98. The molecule has 1 aliphatic rings. The Kier molecular flexibility index (Phi) is 6.01. The van der Waals surface area contributed by atoms with Gasteiger partial charge in [-0.25, -0.2) is 0 Å². The van der Waals surface area contributed by atoms with Gasteiger partial charge in [0.1, 0.15) is 0 Å². The Balaban J connectivity index is 1.74. The van der Waals surface area contributed by atoms with E-state index in [0.29, 0.717) is 17.8 Å². The van der Waals surface area contributed by atoms with Gasteiger partial charge in [-0.15, -0.1) is 0 Å². The van der Waals surface area contributed by atoms with E-state index in [1.807, 2.05) is 0 Å². The summed E-state index contributed by atoms with van der Waals surface area (Å²) in [6.45, 7) is 0.785. The van der Waals surface area contributed by atoms with Gasteiger partial charge in [-0.1, -0.05) is 23.8 Å². The van der Waals surface area contributed by atoms with Crippen LogP contribution in [-0.4, -0.2) is 24.9 Å². The predicted molar refractivity (Wildman–Crippen MR) is 87.6 cm³/mol. The van der Waals surface area contributed by atoms with E-state index in [0.717, 1.165) is 19.3 Å². The Morgan fingerprint density at radius 2 is 2.00 bits per heavy atom. The number of carbonyl (C=O) groups excluding carboxylic acids is 2. The summed E-state index contributed by atoms with van der Waals surface area (Å²) < 4.78 is 0. The number of hydrogen-bond acceptors (Lipinski definition) is 3. The lowest BCUT2D eigenvalue weighted by Crippen LogP contribution is -2.31. The molecule has 0 saturated heterocycles. The van der Waals surface area contributed by atoms with Crippen LogP contribution in [0.5, 0.6) is 0 Å². The second-order valence-electron chi connectivity index (χ2n) is 5.47. The van der Waals surface area contributed by atoms with Gasteiger partial charge in [0.15, 0.2) is 0 Å². The summed E-state index contributed by atoms with van der Waals surface area (Å²) in [4.78, 5) is 23.1. The van der Waals surface area contributed by atoms with E-state index in [2.05, 4.69) is 16.7 Å². The van der Waals surface area contributed by atoms with Gasteiger partial charge in [0, 0.05) is 12.2 Å². The Bertz CT molecular complexity index is 567. The molecule has 0 aromatic heterocycles. The monoisotopic (exact) mass is 301 g/mol. The summed E-state index contributed by atoms with van der Waals surface area (Å²) in [5, 5.41) is 5.85. The van der Waals surface area contributed by atoms with Crippen LogP contribution in [0.3, 0.4) is 0 Å². The number of hydrogen-bond donors (Lipinski definition) is 3. The van der Waals surface area contributed by atoms with Crippen LogP contribution in [-0.2, 0) is 4.79 Å². The highest BCUT2D eigenvalue weighted by atomic mass is 16.2. The van der Waals surface area contributed by atoms with Crippen LogP contribution in [0.15, 0.2) is 35.9 Å². The third kappa shape index (κ3) is 4.91. The number of allylic oxidation sites excluding steroid dienone is 1. The SMILES string of the molecule is NC(=O)c1ccccc1NCC(=O)NCCC1=CCCCC1. The van der Waals surface area contributed by atoms with Gasteiger partial charge in [0.05, 0.1) is 12.1 Å². The molecular formula is C17H23N3O2. The molecule has 1 aromatic carbocycles. The summed E-state index contributed by atoms with van der Waals surface area (Å²) in [5.74, 6) is -0.594. The third-order valence-corrected chi connectivity index (χ3v) is 3.79. The first kappa shape index (κ1) is 16.1. The number of primary amides is 1. The molecule has 0 atom stereocenters. The Labute approximate surface area is 131 Å². The Morgan fingerprint density at radius 1 is 1.18 bits per heavy atom. The van der Waals surface area contributed by atoms with E-state index < -0.39 is 5.91 Å². The minimum atomic E-state index is -0.507. The largest absolute Gasteiger partial charge is 0.376 e. The molecule has 0 fully saturated rings. The lowest BCUT2D eigenvalue weighted by Gasteiger charge is -2.13. The molecule has 2 rings (SSSR count). The van der Waals surface area contributed by atoms with Crippen molar-refractivity contribution in [2.45, 2.75) is 32.1 Å². The summed E-state index contributed by atoms with van der Waals surface area (Å²) in [6, 6.07) is 6.91. The van der Waals surface area contributed by atoms with Crippen molar-refractivity contribution in [3.05, 3.63) is 41.5 Å². The number of rotatable bonds is 7. The van der Waals surface area contributed by atoms with Crippen molar-refractivity contribution in [2.24, 2.45) is 5.73 Å². The predicted octanol–water partition coefficient (Wildman–Crippen LogP) is 2.20. The quantitative estimate of drug-likeness (QED) is 0.675. The van der Waals surface area contributed by atoms with E-state index >= 15 is 0 Å². The van der Waals surface area contributed by atoms with E-state index in [4.69, 9.17) is 5.73 Å². The topological polar surface area (TPSA) is 84.2 Å². The maximum atomic E-state index is 11.8. The van der Waals surface area contributed by atoms with Crippen molar-refractivity contribution >= 4 is 17.5 Å². The standard InChI is InChI=1S/C17H23N3O2/c18-17(22)14-8-4-5-9-15(14)20-12-16(21)19-11-10-13-6-2-1-3-7-13/h4-6,8-9,20H,1-3,7,10-12H2,(H2,18,22)(H,19,21). The van der Waals surface area contributed by atoms with E-state index in [1.165, 1.54) is 18.4 Å². The molecule has 0 spiro atoms. The molecule has 2 amide bonds. The van der Waals surface area contributed by atoms with Crippen molar-refractivity contribution in [3.8, 4) is 0 Å². The first-order valence-corrected chi connectivity index (χ1v) is 7.74. The molecule has 0 heterocycles.